The third-order valence-electron chi connectivity index (χ3n) is 7.37. The zero-order valence-corrected chi connectivity index (χ0v) is 25.1. The predicted octanol–water partition coefficient (Wildman–Crippen LogP) is 5.66. The van der Waals surface area contributed by atoms with Gasteiger partial charge in [0.25, 0.3) is 0 Å². The van der Waals surface area contributed by atoms with Crippen LogP contribution in [0, 0.1) is 18.8 Å². The molecular formula is C32H40N6O3. The Bertz CT molecular complexity index is 1480. The summed E-state index contributed by atoms with van der Waals surface area (Å²) in [7, 11) is 5.21. The summed E-state index contributed by atoms with van der Waals surface area (Å²) in [5.41, 5.74) is 6.09. The van der Waals surface area contributed by atoms with E-state index < -0.39 is 12.1 Å². The molecule has 0 radical (unpaired) electrons. The molecule has 216 valence electrons. The van der Waals surface area contributed by atoms with Gasteiger partial charge in [0.1, 0.15) is 17.7 Å². The molecule has 41 heavy (non-hydrogen) atoms. The summed E-state index contributed by atoms with van der Waals surface area (Å²) in [6.07, 6.45) is 3.38. The van der Waals surface area contributed by atoms with Crippen molar-refractivity contribution in [2.24, 2.45) is 25.9 Å². The highest BCUT2D eigenvalue weighted by molar-refractivity contribution is 5.86. The highest BCUT2D eigenvalue weighted by Gasteiger charge is 2.30. The third kappa shape index (κ3) is 6.67. The molecule has 2 heterocycles. The Kier molecular flexibility index (Phi) is 8.95. The fourth-order valence-corrected chi connectivity index (χ4v) is 4.77. The molecule has 4 rings (SSSR count). The molecule has 0 aliphatic rings. The maximum Gasteiger partial charge on any atom is 0.407 e. The summed E-state index contributed by atoms with van der Waals surface area (Å²) < 4.78 is 8.67. The van der Waals surface area contributed by atoms with Gasteiger partial charge >= 0.3 is 6.09 Å². The lowest BCUT2D eigenvalue weighted by Gasteiger charge is -2.27. The number of carbonyl (C=O) groups excluding carboxylic acids is 2. The number of hydrogen-bond acceptors (Lipinski definition) is 5. The lowest BCUT2D eigenvalue weighted by Crippen LogP contribution is -2.51. The van der Waals surface area contributed by atoms with Crippen molar-refractivity contribution in [1.82, 2.24) is 29.7 Å². The largest absolute Gasteiger partial charge is 0.453 e. The lowest BCUT2D eigenvalue weighted by atomic mass is 10.00. The zero-order valence-electron chi connectivity index (χ0n) is 25.1. The first-order valence-electron chi connectivity index (χ1n) is 13.9. The van der Waals surface area contributed by atoms with E-state index in [1.54, 1.807) is 0 Å². The van der Waals surface area contributed by atoms with E-state index in [1.807, 2.05) is 70.2 Å². The Balaban J connectivity index is 1.52. The van der Waals surface area contributed by atoms with Gasteiger partial charge in [0.15, 0.2) is 0 Å². The molecule has 0 spiro atoms. The van der Waals surface area contributed by atoms with Gasteiger partial charge in [-0.3, -0.25) is 4.79 Å². The van der Waals surface area contributed by atoms with E-state index in [4.69, 9.17) is 9.72 Å². The maximum atomic E-state index is 13.2. The first-order chi connectivity index (χ1) is 19.5. The SMILES string of the molecule is COC(=O)N[C@@H](C(=O)N[C@H](c1nc(-c2ccc(-c3ccc(-c4cn(C)c(C)n4)cc3)cc2)cn1C)C(C)C)C(C)C. The van der Waals surface area contributed by atoms with Crippen LogP contribution < -0.4 is 10.6 Å². The number of nitrogens with one attached hydrogen (secondary N) is 2. The molecule has 9 heteroatoms. The normalized spacial score (nSPS) is 12.8. The lowest BCUT2D eigenvalue weighted by molar-refractivity contribution is -0.125. The smallest absolute Gasteiger partial charge is 0.407 e. The Labute approximate surface area is 242 Å². The molecule has 0 unspecified atom stereocenters. The molecule has 0 aliphatic heterocycles. The van der Waals surface area contributed by atoms with Gasteiger partial charge in [0.05, 0.1) is 24.5 Å². The molecule has 0 saturated carbocycles. The van der Waals surface area contributed by atoms with E-state index in [1.165, 1.54) is 7.11 Å². The average molecular weight is 557 g/mol. The van der Waals surface area contributed by atoms with Crippen molar-refractivity contribution in [2.45, 2.75) is 46.7 Å². The van der Waals surface area contributed by atoms with E-state index in [9.17, 15) is 9.59 Å². The molecular weight excluding hydrogens is 516 g/mol. The second-order valence-electron chi connectivity index (χ2n) is 11.1. The highest BCUT2D eigenvalue weighted by atomic mass is 16.5. The van der Waals surface area contributed by atoms with E-state index in [-0.39, 0.29) is 23.8 Å². The molecule has 0 fully saturated rings. The second-order valence-corrected chi connectivity index (χ2v) is 11.1. The van der Waals surface area contributed by atoms with Gasteiger partial charge in [-0.25, -0.2) is 14.8 Å². The van der Waals surface area contributed by atoms with Crippen LogP contribution in [0.5, 0.6) is 0 Å². The van der Waals surface area contributed by atoms with Crippen molar-refractivity contribution in [3.63, 3.8) is 0 Å². The van der Waals surface area contributed by atoms with Crippen LogP contribution in [0.4, 0.5) is 4.79 Å². The van der Waals surface area contributed by atoms with Crippen LogP contribution in [0.25, 0.3) is 33.6 Å². The number of amides is 2. The van der Waals surface area contributed by atoms with Gasteiger partial charge < -0.3 is 24.5 Å². The number of alkyl carbamates (subject to hydrolysis) is 1. The minimum absolute atomic E-state index is 0.0687. The van der Waals surface area contributed by atoms with E-state index in [2.05, 4.69) is 64.1 Å². The number of hydrogen-bond donors (Lipinski definition) is 2. The van der Waals surface area contributed by atoms with Crippen LogP contribution in [-0.4, -0.2) is 44.3 Å². The molecule has 0 aliphatic carbocycles. The van der Waals surface area contributed by atoms with Gasteiger partial charge in [-0.15, -0.1) is 0 Å². The summed E-state index contributed by atoms with van der Waals surface area (Å²) in [4.78, 5) is 34.5. The van der Waals surface area contributed by atoms with Crippen molar-refractivity contribution >= 4 is 12.0 Å². The predicted molar refractivity (Wildman–Crippen MR) is 161 cm³/mol. The Morgan fingerprint density at radius 3 is 1.66 bits per heavy atom. The fourth-order valence-electron chi connectivity index (χ4n) is 4.77. The first kappa shape index (κ1) is 29.6. The highest BCUT2D eigenvalue weighted by Crippen LogP contribution is 2.29. The van der Waals surface area contributed by atoms with Gasteiger partial charge in [0, 0.05) is 37.6 Å². The minimum atomic E-state index is -0.724. The third-order valence-corrected chi connectivity index (χ3v) is 7.37. The number of imidazole rings is 2. The molecule has 0 saturated heterocycles. The van der Waals surface area contributed by atoms with E-state index >= 15 is 0 Å². The molecule has 2 N–H and O–H groups in total. The molecule has 2 amide bonds. The van der Waals surface area contributed by atoms with Crippen molar-refractivity contribution in [1.29, 1.82) is 0 Å². The monoisotopic (exact) mass is 556 g/mol. The Hall–Kier alpha value is -4.40. The summed E-state index contributed by atoms with van der Waals surface area (Å²) >= 11 is 0. The second kappa shape index (κ2) is 12.4. The first-order valence-corrected chi connectivity index (χ1v) is 13.9. The average Bonchev–Trinajstić information content (AvgIpc) is 3.50. The van der Waals surface area contributed by atoms with Gasteiger partial charge in [-0.05, 0) is 29.9 Å². The van der Waals surface area contributed by atoms with Crippen molar-refractivity contribution in [3.05, 3.63) is 72.6 Å². The minimum Gasteiger partial charge on any atom is -0.453 e. The molecule has 9 nitrogen and oxygen atoms in total. The fraction of sp³-hybridized carbons (Fsp3) is 0.375. The number of rotatable bonds is 9. The van der Waals surface area contributed by atoms with Crippen LogP contribution in [0.2, 0.25) is 0 Å². The number of carbonyl (C=O) groups is 2. The topological polar surface area (TPSA) is 103 Å². The summed E-state index contributed by atoms with van der Waals surface area (Å²) in [5, 5.41) is 5.74. The number of nitrogens with zero attached hydrogens (tertiary/aromatic N) is 4. The van der Waals surface area contributed by atoms with Crippen molar-refractivity contribution in [3.8, 4) is 33.6 Å². The molecule has 4 aromatic rings. The van der Waals surface area contributed by atoms with Gasteiger partial charge in [-0.2, -0.15) is 0 Å². The van der Waals surface area contributed by atoms with Crippen molar-refractivity contribution in [2.75, 3.05) is 7.11 Å². The Morgan fingerprint density at radius 1 is 0.732 bits per heavy atom. The number of methoxy groups -OCH3 is 1. The number of aromatic nitrogens is 4. The summed E-state index contributed by atoms with van der Waals surface area (Å²) in [6, 6.07) is 15.7. The molecule has 2 aromatic carbocycles. The standard InChI is InChI=1S/C32H40N6O3/c1-19(2)28(35-31(39)29(20(3)4)36-32(40)41-8)30-34-27(18-38(30)7)25-15-11-23(12-16-25)22-9-13-24(14-10-22)26-17-37(6)21(5)33-26/h9-20,28-29H,1-8H3,(H,35,39)(H,36,40)/t28-,29+/m0/s1. The van der Waals surface area contributed by atoms with Gasteiger partial charge in [-0.1, -0.05) is 76.2 Å². The quantitative estimate of drug-likeness (QED) is 0.277. The van der Waals surface area contributed by atoms with Crippen LogP contribution in [0.15, 0.2) is 60.9 Å². The number of aryl methyl sites for hydroxylation is 3. The van der Waals surface area contributed by atoms with Crippen LogP contribution >= 0.6 is 0 Å². The van der Waals surface area contributed by atoms with Crippen LogP contribution in [0.3, 0.4) is 0 Å². The van der Waals surface area contributed by atoms with Crippen LogP contribution in [-0.2, 0) is 23.6 Å². The zero-order chi connectivity index (χ0) is 29.8. The number of benzene rings is 2. The van der Waals surface area contributed by atoms with Crippen LogP contribution in [0.1, 0.15) is 45.4 Å². The molecule has 0 bridgehead atoms. The number of ether oxygens (including phenoxy) is 1. The maximum absolute atomic E-state index is 13.2. The van der Waals surface area contributed by atoms with Gasteiger partial charge in [0.2, 0.25) is 5.91 Å². The van der Waals surface area contributed by atoms with E-state index in [0.29, 0.717) is 0 Å². The van der Waals surface area contributed by atoms with Crippen molar-refractivity contribution < 1.29 is 14.3 Å². The summed E-state index contributed by atoms with van der Waals surface area (Å²) in [6.45, 7) is 9.82. The Morgan fingerprint density at radius 2 is 1.22 bits per heavy atom. The molecule has 2 atom stereocenters. The van der Waals surface area contributed by atoms with E-state index in [0.717, 1.165) is 45.3 Å². The molecule has 2 aromatic heterocycles. The summed E-state index contributed by atoms with van der Waals surface area (Å²) in [5.74, 6) is 1.40.